The van der Waals surface area contributed by atoms with Crippen molar-refractivity contribution in [2.75, 3.05) is 13.7 Å². The van der Waals surface area contributed by atoms with Gasteiger partial charge >= 0.3 is 5.97 Å². The van der Waals surface area contributed by atoms with Crippen LogP contribution in [-0.4, -0.2) is 44.6 Å². The van der Waals surface area contributed by atoms with Gasteiger partial charge in [0.15, 0.2) is 12.4 Å². The average molecular weight is 378 g/mol. The predicted molar refractivity (Wildman–Crippen MR) is 105 cm³/mol. The molecule has 0 unspecified atom stereocenters. The van der Waals surface area contributed by atoms with Crippen molar-refractivity contribution in [2.24, 2.45) is 0 Å². The summed E-state index contributed by atoms with van der Waals surface area (Å²) in [5.74, 6) is 0.133. The first kappa shape index (κ1) is 19.4. The van der Waals surface area contributed by atoms with Crippen molar-refractivity contribution in [3.05, 3.63) is 72.3 Å². The molecule has 0 aliphatic carbocycles. The van der Waals surface area contributed by atoms with Crippen molar-refractivity contribution in [3.8, 4) is 17.1 Å². The first-order valence-electron chi connectivity index (χ1n) is 8.89. The topological polar surface area (TPSA) is 88.4 Å². The first-order chi connectivity index (χ1) is 13.5. The van der Waals surface area contributed by atoms with Gasteiger partial charge in [-0.3, -0.25) is 9.88 Å². The van der Waals surface area contributed by atoms with Gasteiger partial charge in [0.2, 0.25) is 0 Å². The summed E-state index contributed by atoms with van der Waals surface area (Å²) in [6.45, 7) is 2.29. The summed E-state index contributed by atoms with van der Waals surface area (Å²) in [6, 6.07) is 11.4. The fourth-order valence-electron chi connectivity index (χ4n) is 2.87. The van der Waals surface area contributed by atoms with E-state index in [0.717, 1.165) is 16.7 Å². The van der Waals surface area contributed by atoms with Crippen LogP contribution in [0.1, 0.15) is 24.1 Å². The highest BCUT2D eigenvalue weighted by Gasteiger charge is 2.16. The molecule has 1 N–H and O–H groups in total. The van der Waals surface area contributed by atoms with Crippen LogP contribution in [-0.2, 0) is 11.3 Å². The Morgan fingerprint density at radius 2 is 1.86 bits per heavy atom. The molecule has 3 aromatic rings. The second kappa shape index (κ2) is 9.05. The van der Waals surface area contributed by atoms with Crippen LogP contribution in [0.15, 0.2) is 61.2 Å². The second-order valence-corrected chi connectivity index (χ2v) is 6.45. The number of hydrogen-bond acceptors (Lipinski definition) is 6. The molecule has 0 saturated heterocycles. The van der Waals surface area contributed by atoms with Gasteiger partial charge in [-0.1, -0.05) is 0 Å². The van der Waals surface area contributed by atoms with E-state index in [1.807, 2.05) is 31.3 Å². The van der Waals surface area contributed by atoms with Crippen LogP contribution in [0.4, 0.5) is 0 Å². The van der Waals surface area contributed by atoms with Crippen LogP contribution in [0, 0.1) is 0 Å². The number of benzene rings is 1. The number of hydrogen-bond donors (Lipinski definition) is 1. The van der Waals surface area contributed by atoms with Gasteiger partial charge in [-0.15, -0.1) is 0 Å². The Morgan fingerprint density at radius 3 is 2.54 bits per heavy atom. The number of pyridine rings is 1. The van der Waals surface area contributed by atoms with Gasteiger partial charge < -0.3 is 9.84 Å². The molecule has 2 heterocycles. The van der Waals surface area contributed by atoms with Crippen molar-refractivity contribution < 1.29 is 14.6 Å². The average Bonchev–Trinajstić information content (AvgIpc) is 2.73. The Hall–Kier alpha value is -3.32. The van der Waals surface area contributed by atoms with Crippen molar-refractivity contribution >= 4 is 5.97 Å². The predicted octanol–water partition coefficient (Wildman–Crippen LogP) is 3.20. The number of rotatable bonds is 8. The molecule has 0 aliphatic rings. The molecule has 1 atom stereocenters. The van der Waals surface area contributed by atoms with Crippen molar-refractivity contribution in [2.45, 2.75) is 19.5 Å². The summed E-state index contributed by atoms with van der Waals surface area (Å²) >= 11 is 0. The van der Waals surface area contributed by atoms with E-state index in [1.54, 1.807) is 36.9 Å². The molecule has 28 heavy (non-hydrogen) atoms. The fraction of sp³-hybridized carbons (Fsp3) is 0.238. The SMILES string of the molecule is C[C@@H](c1ccncc1)N(C)Cc1cc(-c2ncccn2)ccc1OCC(=O)O. The molecule has 0 amide bonds. The van der Waals surface area contributed by atoms with Gasteiger partial charge in [-0.05, 0) is 55.9 Å². The standard InChI is InChI=1S/C21H22N4O3/c1-15(16-6-10-22-11-7-16)25(2)13-18-12-17(21-23-8-3-9-24-21)4-5-19(18)28-14-20(26)27/h3-12,15H,13-14H2,1-2H3,(H,26,27)/t15-/m0/s1. The third-order valence-electron chi connectivity index (χ3n) is 4.51. The van der Waals surface area contributed by atoms with E-state index in [2.05, 4.69) is 26.8 Å². The van der Waals surface area contributed by atoms with Crippen molar-refractivity contribution in [3.63, 3.8) is 0 Å². The fourth-order valence-corrected chi connectivity index (χ4v) is 2.87. The number of aliphatic carboxylic acids is 1. The minimum Gasteiger partial charge on any atom is -0.482 e. The molecule has 0 aliphatic heterocycles. The summed E-state index contributed by atoms with van der Waals surface area (Å²) in [7, 11) is 2.01. The molecule has 7 heteroatoms. The monoisotopic (exact) mass is 378 g/mol. The summed E-state index contributed by atoms with van der Waals surface area (Å²) in [4.78, 5) is 25.7. The van der Waals surface area contributed by atoms with Gasteiger partial charge in [-0.2, -0.15) is 0 Å². The maximum absolute atomic E-state index is 10.9. The lowest BCUT2D eigenvalue weighted by Crippen LogP contribution is -2.22. The van der Waals surface area contributed by atoms with E-state index < -0.39 is 12.6 Å². The zero-order valence-corrected chi connectivity index (χ0v) is 15.8. The summed E-state index contributed by atoms with van der Waals surface area (Å²) in [5.41, 5.74) is 2.87. The molecule has 3 rings (SSSR count). The molecular weight excluding hydrogens is 356 g/mol. The number of aromatic nitrogens is 3. The highest BCUT2D eigenvalue weighted by molar-refractivity contribution is 5.68. The van der Waals surface area contributed by atoms with E-state index in [9.17, 15) is 4.79 Å². The number of carboxylic acids is 1. The summed E-state index contributed by atoms with van der Waals surface area (Å²) in [5, 5.41) is 8.96. The Labute approximate surface area is 163 Å². The minimum atomic E-state index is -1.01. The Bertz CT molecular complexity index is 919. The number of nitrogens with zero attached hydrogens (tertiary/aromatic N) is 4. The van der Waals surface area contributed by atoms with Gasteiger partial charge in [0.05, 0.1) is 0 Å². The van der Waals surface area contributed by atoms with E-state index in [-0.39, 0.29) is 6.04 Å². The summed E-state index contributed by atoms with van der Waals surface area (Å²) in [6.07, 6.45) is 6.92. The number of carboxylic acid groups (broad SMARTS) is 1. The maximum Gasteiger partial charge on any atom is 0.341 e. The highest BCUT2D eigenvalue weighted by Crippen LogP contribution is 2.28. The quantitative estimate of drug-likeness (QED) is 0.644. The number of carbonyl (C=O) groups is 1. The lowest BCUT2D eigenvalue weighted by molar-refractivity contribution is -0.139. The number of ether oxygens (including phenoxy) is 1. The molecule has 0 saturated carbocycles. The van der Waals surface area contributed by atoms with E-state index in [1.165, 1.54) is 0 Å². The van der Waals surface area contributed by atoms with Gasteiger partial charge in [0.25, 0.3) is 0 Å². The van der Waals surface area contributed by atoms with Crippen LogP contribution in [0.2, 0.25) is 0 Å². The zero-order valence-electron chi connectivity index (χ0n) is 15.8. The molecule has 0 bridgehead atoms. The van der Waals surface area contributed by atoms with Gasteiger partial charge in [-0.25, -0.2) is 14.8 Å². The molecule has 144 valence electrons. The third kappa shape index (κ3) is 4.89. The largest absolute Gasteiger partial charge is 0.482 e. The first-order valence-corrected chi connectivity index (χ1v) is 8.89. The van der Waals surface area contributed by atoms with Gasteiger partial charge in [0.1, 0.15) is 5.75 Å². The third-order valence-corrected chi connectivity index (χ3v) is 4.51. The Morgan fingerprint density at radius 1 is 1.14 bits per heavy atom. The summed E-state index contributed by atoms with van der Waals surface area (Å²) < 4.78 is 5.50. The maximum atomic E-state index is 10.9. The van der Waals surface area contributed by atoms with Crippen LogP contribution < -0.4 is 4.74 Å². The molecule has 7 nitrogen and oxygen atoms in total. The zero-order chi connectivity index (χ0) is 19.9. The van der Waals surface area contributed by atoms with E-state index >= 15 is 0 Å². The highest BCUT2D eigenvalue weighted by atomic mass is 16.5. The Balaban J connectivity index is 1.88. The lowest BCUT2D eigenvalue weighted by atomic mass is 10.1. The van der Waals surface area contributed by atoms with Crippen LogP contribution in [0.3, 0.4) is 0 Å². The molecule has 0 spiro atoms. The van der Waals surface area contributed by atoms with Crippen molar-refractivity contribution in [1.82, 2.24) is 19.9 Å². The van der Waals surface area contributed by atoms with Gasteiger partial charge in [0, 0.05) is 48.5 Å². The second-order valence-electron chi connectivity index (χ2n) is 6.45. The molecular formula is C21H22N4O3. The normalized spacial score (nSPS) is 12.0. The van der Waals surface area contributed by atoms with E-state index in [4.69, 9.17) is 9.84 Å². The molecule has 0 fully saturated rings. The molecule has 1 aromatic carbocycles. The smallest absolute Gasteiger partial charge is 0.341 e. The van der Waals surface area contributed by atoms with Crippen LogP contribution in [0.5, 0.6) is 5.75 Å². The van der Waals surface area contributed by atoms with E-state index in [0.29, 0.717) is 18.1 Å². The molecule has 0 radical (unpaired) electrons. The van der Waals surface area contributed by atoms with Crippen molar-refractivity contribution in [1.29, 1.82) is 0 Å². The Kier molecular flexibility index (Phi) is 6.29. The lowest BCUT2D eigenvalue weighted by Gasteiger charge is -2.26. The van der Waals surface area contributed by atoms with Crippen LogP contribution in [0.25, 0.3) is 11.4 Å². The minimum absolute atomic E-state index is 0.145. The molecule has 2 aromatic heterocycles. The van der Waals surface area contributed by atoms with Crippen LogP contribution >= 0.6 is 0 Å².